The quantitative estimate of drug-likeness (QED) is 0.843. The lowest BCUT2D eigenvalue weighted by Crippen LogP contribution is -2.06. The van der Waals surface area contributed by atoms with E-state index in [-0.39, 0.29) is 16.2 Å². The van der Waals surface area contributed by atoms with Gasteiger partial charge < -0.3 is 9.47 Å². The summed E-state index contributed by atoms with van der Waals surface area (Å²) in [4.78, 5) is 7.54. The summed E-state index contributed by atoms with van der Waals surface area (Å²) >= 11 is 3.00. The van der Waals surface area contributed by atoms with Gasteiger partial charge in [-0.1, -0.05) is 0 Å². The summed E-state index contributed by atoms with van der Waals surface area (Å²) in [5, 5.41) is 0. The number of aryl methyl sites for hydroxylation is 1. The van der Waals surface area contributed by atoms with Gasteiger partial charge in [-0.05, 0) is 22.9 Å². The monoisotopic (exact) mass is 268 g/mol. The van der Waals surface area contributed by atoms with Crippen LogP contribution in [-0.2, 0) is 0 Å². The van der Waals surface area contributed by atoms with Crippen LogP contribution >= 0.6 is 15.9 Å². The van der Waals surface area contributed by atoms with E-state index in [0.29, 0.717) is 5.82 Å². The van der Waals surface area contributed by atoms with Gasteiger partial charge in [-0.15, -0.1) is 0 Å². The lowest BCUT2D eigenvalue weighted by Gasteiger charge is -2.08. The summed E-state index contributed by atoms with van der Waals surface area (Å²) < 4.78 is 33.0. The fraction of sp³-hybridized carbons (Fsp3) is 0.429. The molecule has 0 atom stereocenters. The summed E-state index contributed by atoms with van der Waals surface area (Å²) in [7, 11) is 1.37. The first kappa shape index (κ1) is 11.1. The molecule has 0 bridgehead atoms. The van der Waals surface area contributed by atoms with E-state index in [1.165, 1.54) is 7.11 Å². The van der Waals surface area contributed by atoms with Crippen molar-refractivity contribution in [3.63, 3.8) is 0 Å². The molecule has 0 N–H and O–H groups in total. The molecule has 1 rings (SSSR count). The standard InChI is InChI=1S/C7H7BrF2N2O2/c1-3-11-5(13-2)4(8)6(12-3)14-7(9)10/h7H,1-2H3. The molecule has 0 aromatic carbocycles. The molecule has 4 nitrogen and oxygen atoms in total. The molecule has 7 heteroatoms. The largest absolute Gasteiger partial charge is 0.480 e. The van der Waals surface area contributed by atoms with Crippen LogP contribution in [0.3, 0.4) is 0 Å². The van der Waals surface area contributed by atoms with Gasteiger partial charge in [0.25, 0.3) is 0 Å². The Kier molecular flexibility index (Phi) is 3.56. The van der Waals surface area contributed by atoms with Crippen LogP contribution in [0, 0.1) is 6.92 Å². The van der Waals surface area contributed by atoms with Crippen LogP contribution in [0.25, 0.3) is 0 Å². The van der Waals surface area contributed by atoms with Crippen LogP contribution in [0.5, 0.6) is 11.8 Å². The minimum atomic E-state index is -2.93. The third kappa shape index (κ3) is 2.50. The number of ether oxygens (including phenoxy) is 2. The smallest absolute Gasteiger partial charge is 0.388 e. The second-order valence-corrected chi connectivity index (χ2v) is 3.07. The fourth-order valence-electron chi connectivity index (χ4n) is 0.806. The number of aromatic nitrogens is 2. The molecule has 0 saturated carbocycles. The summed E-state index contributed by atoms with van der Waals surface area (Å²) in [5.41, 5.74) is 0. The van der Waals surface area contributed by atoms with Crippen molar-refractivity contribution in [1.82, 2.24) is 9.97 Å². The highest BCUT2D eigenvalue weighted by Gasteiger charge is 2.15. The zero-order valence-corrected chi connectivity index (χ0v) is 9.01. The van der Waals surface area contributed by atoms with Crippen molar-refractivity contribution in [2.75, 3.05) is 7.11 Å². The van der Waals surface area contributed by atoms with Crippen molar-refractivity contribution < 1.29 is 18.3 Å². The molecule has 0 fully saturated rings. The molecule has 0 aliphatic carbocycles. The Labute approximate surface area is 87.4 Å². The molecule has 14 heavy (non-hydrogen) atoms. The molecule has 78 valence electrons. The van der Waals surface area contributed by atoms with Crippen molar-refractivity contribution in [3.05, 3.63) is 10.3 Å². The number of nitrogens with zero attached hydrogens (tertiary/aromatic N) is 2. The third-order valence-electron chi connectivity index (χ3n) is 1.30. The van der Waals surface area contributed by atoms with Crippen LogP contribution in [0.4, 0.5) is 8.78 Å². The first-order valence-corrected chi connectivity index (χ1v) is 4.37. The van der Waals surface area contributed by atoms with Gasteiger partial charge in [0.1, 0.15) is 10.3 Å². The topological polar surface area (TPSA) is 44.2 Å². The summed E-state index contributed by atoms with van der Waals surface area (Å²) in [6, 6.07) is 0. The van der Waals surface area contributed by atoms with Crippen LogP contribution < -0.4 is 9.47 Å². The van der Waals surface area contributed by atoms with E-state index in [0.717, 1.165) is 0 Å². The zero-order valence-electron chi connectivity index (χ0n) is 7.42. The molecular weight excluding hydrogens is 262 g/mol. The van der Waals surface area contributed by atoms with Crippen molar-refractivity contribution in [3.8, 4) is 11.8 Å². The van der Waals surface area contributed by atoms with Crippen molar-refractivity contribution in [1.29, 1.82) is 0 Å². The number of alkyl halides is 2. The van der Waals surface area contributed by atoms with Gasteiger partial charge in [0.05, 0.1) is 7.11 Å². The zero-order chi connectivity index (χ0) is 10.7. The molecule has 0 unspecified atom stereocenters. The van der Waals surface area contributed by atoms with Crippen molar-refractivity contribution >= 4 is 15.9 Å². The first-order chi connectivity index (χ1) is 6.54. The van der Waals surface area contributed by atoms with Crippen LogP contribution in [0.1, 0.15) is 5.82 Å². The SMILES string of the molecule is COc1nc(C)nc(OC(F)F)c1Br. The Morgan fingerprint density at radius 2 is 1.86 bits per heavy atom. The van der Waals surface area contributed by atoms with Crippen LogP contribution in [0.15, 0.2) is 4.47 Å². The average Bonchev–Trinajstić information content (AvgIpc) is 2.09. The maximum atomic E-state index is 11.9. The number of hydrogen-bond donors (Lipinski definition) is 0. The number of rotatable bonds is 3. The molecule has 0 aliphatic rings. The highest BCUT2D eigenvalue weighted by atomic mass is 79.9. The first-order valence-electron chi connectivity index (χ1n) is 3.57. The van der Waals surface area contributed by atoms with Gasteiger partial charge in [0.15, 0.2) is 0 Å². The highest BCUT2D eigenvalue weighted by Crippen LogP contribution is 2.31. The summed E-state index contributed by atoms with van der Waals surface area (Å²) in [5.74, 6) is 0.221. The fourth-order valence-corrected chi connectivity index (χ4v) is 1.24. The van der Waals surface area contributed by atoms with E-state index in [4.69, 9.17) is 4.74 Å². The van der Waals surface area contributed by atoms with Crippen molar-refractivity contribution in [2.24, 2.45) is 0 Å². The average molecular weight is 269 g/mol. The Bertz CT molecular complexity index is 336. The summed E-state index contributed by atoms with van der Waals surface area (Å²) in [6.45, 7) is -1.38. The van der Waals surface area contributed by atoms with E-state index in [1.807, 2.05) is 0 Å². The Morgan fingerprint density at radius 3 is 2.36 bits per heavy atom. The molecule has 0 aliphatic heterocycles. The number of methoxy groups -OCH3 is 1. The molecule has 0 saturated heterocycles. The lowest BCUT2D eigenvalue weighted by atomic mass is 10.5. The normalized spacial score (nSPS) is 10.4. The van der Waals surface area contributed by atoms with E-state index < -0.39 is 6.61 Å². The van der Waals surface area contributed by atoms with Gasteiger partial charge in [-0.2, -0.15) is 18.7 Å². The molecule has 1 heterocycles. The number of halogens is 3. The minimum absolute atomic E-state index is 0.160. The minimum Gasteiger partial charge on any atom is -0.480 e. The highest BCUT2D eigenvalue weighted by molar-refractivity contribution is 9.10. The molecular formula is C7H7BrF2N2O2. The second kappa shape index (κ2) is 4.50. The molecule has 0 amide bonds. The second-order valence-electron chi connectivity index (χ2n) is 2.28. The van der Waals surface area contributed by atoms with Crippen LogP contribution in [0.2, 0.25) is 0 Å². The van der Waals surface area contributed by atoms with Gasteiger partial charge in [0, 0.05) is 0 Å². The Morgan fingerprint density at radius 1 is 1.29 bits per heavy atom. The van der Waals surface area contributed by atoms with E-state index in [9.17, 15) is 8.78 Å². The molecule has 0 radical (unpaired) electrons. The number of hydrogen-bond acceptors (Lipinski definition) is 4. The molecule has 0 spiro atoms. The maximum Gasteiger partial charge on any atom is 0.388 e. The van der Waals surface area contributed by atoms with Crippen molar-refractivity contribution in [2.45, 2.75) is 13.5 Å². The van der Waals surface area contributed by atoms with Gasteiger partial charge in [-0.25, -0.2) is 0 Å². The predicted octanol–water partition coefficient (Wildman–Crippen LogP) is 2.16. The molecule has 1 aromatic heterocycles. The van der Waals surface area contributed by atoms with Crippen LogP contribution in [-0.4, -0.2) is 23.7 Å². The molecule has 1 aromatic rings. The van der Waals surface area contributed by atoms with E-state index in [2.05, 4.69) is 30.6 Å². The summed E-state index contributed by atoms with van der Waals surface area (Å²) in [6.07, 6.45) is 0. The van der Waals surface area contributed by atoms with Gasteiger partial charge in [-0.3, -0.25) is 0 Å². The van der Waals surface area contributed by atoms with E-state index >= 15 is 0 Å². The third-order valence-corrected chi connectivity index (χ3v) is 1.97. The Balaban J connectivity index is 3.08. The lowest BCUT2D eigenvalue weighted by molar-refractivity contribution is -0.0537. The van der Waals surface area contributed by atoms with E-state index in [1.54, 1.807) is 6.92 Å². The predicted molar refractivity (Wildman–Crippen MR) is 47.7 cm³/mol. The Hall–Kier alpha value is -0.980. The van der Waals surface area contributed by atoms with Gasteiger partial charge in [0.2, 0.25) is 11.8 Å². The maximum absolute atomic E-state index is 11.9. The van der Waals surface area contributed by atoms with Gasteiger partial charge >= 0.3 is 6.61 Å².